The molecule has 1 saturated heterocycles. The van der Waals surface area contributed by atoms with Gasteiger partial charge in [-0.2, -0.15) is 0 Å². The van der Waals surface area contributed by atoms with E-state index in [0.717, 1.165) is 22.3 Å². The highest BCUT2D eigenvalue weighted by molar-refractivity contribution is 6.40. The highest BCUT2D eigenvalue weighted by atomic mass is 35.5. The second-order valence-electron chi connectivity index (χ2n) is 9.81. The lowest BCUT2D eigenvalue weighted by Crippen LogP contribution is -2.32. The number of hydrogen-bond acceptors (Lipinski definition) is 6. The minimum atomic E-state index is -0.674. The van der Waals surface area contributed by atoms with Crippen molar-refractivity contribution in [3.05, 3.63) is 123 Å². The third-order valence-corrected chi connectivity index (χ3v) is 7.99. The highest BCUT2D eigenvalue weighted by Crippen LogP contribution is 2.39. The lowest BCUT2D eigenvalue weighted by Gasteiger charge is -2.36. The number of hydrogen-bond donors (Lipinski definition) is 1. The fourth-order valence-corrected chi connectivity index (χ4v) is 5.38. The summed E-state index contributed by atoms with van der Waals surface area (Å²) in [7, 11) is 0. The number of carbonyl (C=O) groups is 2. The van der Waals surface area contributed by atoms with Gasteiger partial charge in [-0.05, 0) is 28.8 Å². The molecule has 8 nitrogen and oxygen atoms in total. The van der Waals surface area contributed by atoms with E-state index in [1.165, 1.54) is 4.90 Å². The summed E-state index contributed by atoms with van der Waals surface area (Å²) in [6.45, 7) is 0.565. The van der Waals surface area contributed by atoms with Gasteiger partial charge in [0.15, 0.2) is 11.4 Å². The van der Waals surface area contributed by atoms with E-state index >= 15 is 0 Å². The molecule has 0 aliphatic carbocycles. The predicted molar refractivity (Wildman–Crippen MR) is 148 cm³/mol. The lowest BCUT2D eigenvalue weighted by atomic mass is 10.00. The molecule has 3 atom stereocenters. The normalized spacial score (nSPS) is 20.7. The molecule has 6 rings (SSSR count). The van der Waals surface area contributed by atoms with Gasteiger partial charge in [0.2, 0.25) is 0 Å². The fourth-order valence-electron chi connectivity index (χ4n) is 5.07. The molecule has 1 aromatic heterocycles. The number of nitrogens with zero attached hydrogens (tertiary/aromatic N) is 3. The molecule has 0 radical (unpaired) electrons. The van der Waals surface area contributed by atoms with Gasteiger partial charge >= 0.3 is 0 Å². The van der Waals surface area contributed by atoms with Gasteiger partial charge in [-0.1, -0.05) is 83.9 Å². The first kappa shape index (κ1) is 26.7. The molecule has 40 heavy (non-hydrogen) atoms. The van der Waals surface area contributed by atoms with E-state index in [2.05, 4.69) is 4.98 Å². The Morgan fingerprint density at radius 1 is 0.850 bits per heavy atom. The van der Waals surface area contributed by atoms with E-state index in [1.54, 1.807) is 35.2 Å². The summed E-state index contributed by atoms with van der Waals surface area (Å²) in [5.41, 5.74) is 4.24. The van der Waals surface area contributed by atoms with E-state index in [9.17, 15) is 14.7 Å². The van der Waals surface area contributed by atoms with Crippen LogP contribution < -0.4 is 0 Å². The minimum Gasteiger partial charge on any atom is -0.392 e. The van der Waals surface area contributed by atoms with Crippen LogP contribution in [0.4, 0.5) is 0 Å². The van der Waals surface area contributed by atoms with E-state index in [-0.39, 0.29) is 42.3 Å². The average molecular weight is 578 g/mol. The van der Waals surface area contributed by atoms with Gasteiger partial charge in [0.05, 0.1) is 49.4 Å². The minimum absolute atomic E-state index is 0.0346. The Kier molecular flexibility index (Phi) is 7.44. The van der Waals surface area contributed by atoms with Crippen LogP contribution in [0.2, 0.25) is 10.3 Å². The lowest BCUT2D eigenvalue weighted by molar-refractivity contribution is -0.252. The Morgan fingerprint density at radius 3 is 2.08 bits per heavy atom. The number of imide groups is 1. The van der Waals surface area contributed by atoms with Crippen LogP contribution in [0.5, 0.6) is 0 Å². The molecule has 2 amide bonds. The highest BCUT2D eigenvalue weighted by Gasteiger charge is 2.36. The van der Waals surface area contributed by atoms with Crippen molar-refractivity contribution in [3.8, 4) is 0 Å². The maximum Gasteiger partial charge on any atom is 0.261 e. The molecule has 2 aliphatic heterocycles. The number of amides is 2. The van der Waals surface area contributed by atoms with E-state index in [0.29, 0.717) is 29.2 Å². The SMILES string of the molecule is O=C1c2ccccc2C(=O)N1Cc1ccc([C@@H]2O[C@H](Cn3cnc(Cl)c3Cl)C[C@H](c3ccc(CO)cc3)O2)cc1. The quantitative estimate of drug-likeness (QED) is 0.282. The van der Waals surface area contributed by atoms with E-state index in [4.69, 9.17) is 32.7 Å². The van der Waals surface area contributed by atoms with Gasteiger partial charge in [0.1, 0.15) is 5.15 Å². The summed E-state index contributed by atoms with van der Waals surface area (Å²) >= 11 is 12.4. The summed E-state index contributed by atoms with van der Waals surface area (Å²) in [5.74, 6) is -0.584. The number of benzene rings is 3. The van der Waals surface area contributed by atoms with Crippen molar-refractivity contribution in [1.29, 1.82) is 0 Å². The summed E-state index contributed by atoms with van der Waals surface area (Å²) in [4.78, 5) is 30.9. The molecule has 10 heteroatoms. The number of aliphatic hydroxyl groups excluding tert-OH is 1. The molecule has 1 fully saturated rings. The van der Waals surface area contributed by atoms with Gasteiger partial charge in [0, 0.05) is 12.0 Å². The van der Waals surface area contributed by atoms with Crippen molar-refractivity contribution in [2.24, 2.45) is 0 Å². The number of imidazole rings is 1. The van der Waals surface area contributed by atoms with Gasteiger partial charge < -0.3 is 19.1 Å². The average Bonchev–Trinajstić information content (AvgIpc) is 3.43. The molecule has 3 heterocycles. The molecule has 3 aromatic carbocycles. The first-order valence-electron chi connectivity index (χ1n) is 12.8. The largest absolute Gasteiger partial charge is 0.392 e. The van der Waals surface area contributed by atoms with Crippen molar-refractivity contribution in [3.63, 3.8) is 0 Å². The second-order valence-corrected chi connectivity index (χ2v) is 10.5. The fraction of sp³-hybridized carbons (Fsp3) is 0.233. The first-order chi connectivity index (χ1) is 19.4. The molecule has 0 saturated carbocycles. The van der Waals surface area contributed by atoms with Crippen molar-refractivity contribution in [2.45, 2.75) is 44.6 Å². The molecule has 1 N–H and O–H groups in total. The third kappa shape index (κ3) is 5.16. The molecule has 204 valence electrons. The zero-order valence-electron chi connectivity index (χ0n) is 21.2. The molecular formula is C30H25Cl2N3O5. The number of halogens is 2. The Labute approximate surface area is 240 Å². The Morgan fingerprint density at radius 2 is 1.48 bits per heavy atom. The van der Waals surface area contributed by atoms with Gasteiger partial charge in [-0.3, -0.25) is 14.5 Å². The van der Waals surface area contributed by atoms with Gasteiger partial charge in [0.25, 0.3) is 11.8 Å². The number of aliphatic hydroxyl groups is 1. The monoisotopic (exact) mass is 577 g/mol. The first-order valence-corrected chi connectivity index (χ1v) is 13.6. The standard InChI is InChI=1S/C30H25Cl2N3O5/c31-26-27(32)34(17-33-26)15-22-13-25(20-9-7-19(16-36)8-10-20)40-30(39-22)21-11-5-18(6-12-21)14-35-28(37)23-3-1-2-4-24(23)29(35)38/h1-12,17,22,25,30,36H,13-16H2/t22-,25+,30+/m0/s1. The van der Waals surface area contributed by atoms with Crippen LogP contribution in [0.3, 0.4) is 0 Å². The van der Waals surface area contributed by atoms with Crippen LogP contribution >= 0.6 is 23.2 Å². The van der Waals surface area contributed by atoms with Gasteiger partial charge in [-0.25, -0.2) is 4.98 Å². The molecule has 0 unspecified atom stereocenters. The maximum atomic E-state index is 12.8. The van der Waals surface area contributed by atoms with Crippen LogP contribution in [-0.4, -0.2) is 37.5 Å². The van der Waals surface area contributed by atoms with Crippen LogP contribution in [0, 0.1) is 0 Å². The summed E-state index contributed by atoms with van der Waals surface area (Å²) in [6.07, 6.45) is 0.943. The van der Waals surface area contributed by atoms with Gasteiger partial charge in [-0.15, -0.1) is 0 Å². The molecule has 0 spiro atoms. The topological polar surface area (TPSA) is 93.9 Å². The second kappa shape index (κ2) is 11.2. The van der Waals surface area contributed by atoms with Crippen LogP contribution in [-0.2, 0) is 29.2 Å². The molecule has 2 aliphatic rings. The zero-order chi connectivity index (χ0) is 27.8. The van der Waals surface area contributed by atoms with Crippen molar-refractivity contribution in [2.75, 3.05) is 0 Å². The zero-order valence-corrected chi connectivity index (χ0v) is 22.8. The Bertz CT molecular complexity index is 1520. The number of carbonyl (C=O) groups excluding carboxylic acids is 2. The van der Waals surface area contributed by atoms with Crippen LogP contribution in [0.1, 0.15) is 61.8 Å². The molecular weight excluding hydrogens is 553 g/mol. The molecule has 0 bridgehead atoms. The van der Waals surface area contributed by atoms with E-state index in [1.807, 2.05) is 48.5 Å². The number of fused-ring (bicyclic) bond motifs is 1. The Balaban J connectivity index is 1.21. The molecule has 4 aromatic rings. The Hall–Kier alpha value is -3.53. The number of rotatable bonds is 7. The smallest absolute Gasteiger partial charge is 0.261 e. The number of aromatic nitrogens is 2. The van der Waals surface area contributed by atoms with Crippen LogP contribution in [0.15, 0.2) is 79.1 Å². The number of ether oxygens (including phenoxy) is 2. The van der Waals surface area contributed by atoms with Crippen LogP contribution in [0.25, 0.3) is 0 Å². The van der Waals surface area contributed by atoms with Crippen molar-refractivity contribution in [1.82, 2.24) is 14.5 Å². The summed E-state index contributed by atoms with van der Waals surface area (Å²) in [5, 5.41) is 10.0. The third-order valence-electron chi connectivity index (χ3n) is 7.22. The van der Waals surface area contributed by atoms with Crippen molar-refractivity contribution < 1.29 is 24.2 Å². The predicted octanol–water partition coefficient (Wildman–Crippen LogP) is 5.72. The summed E-state index contributed by atoms with van der Waals surface area (Å²) in [6, 6.07) is 22.0. The van der Waals surface area contributed by atoms with Crippen molar-refractivity contribution >= 4 is 35.0 Å². The maximum absolute atomic E-state index is 12.8. The van der Waals surface area contributed by atoms with E-state index < -0.39 is 6.29 Å². The summed E-state index contributed by atoms with van der Waals surface area (Å²) < 4.78 is 14.5.